The highest BCUT2D eigenvalue weighted by molar-refractivity contribution is 7.27. The number of nitrogens with zero attached hydrogens (tertiary/aromatic N) is 5. The Balaban J connectivity index is 1.57. The molecule has 1 aliphatic carbocycles. The van der Waals surface area contributed by atoms with Gasteiger partial charge in [0, 0.05) is 41.9 Å². The molecule has 2 heterocycles. The predicted octanol–water partition coefficient (Wildman–Crippen LogP) is 6.15. The van der Waals surface area contributed by atoms with Crippen molar-refractivity contribution >= 4 is 20.2 Å². The molecule has 41 heavy (non-hydrogen) atoms. The average Bonchev–Trinajstić information content (AvgIpc) is 3.78. The monoisotopic (exact) mass is 583 g/mol. The van der Waals surface area contributed by atoms with Gasteiger partial charge in [0.2, 0.25) is 5.88 Å². The average molecular weight is 584 g/mol. The maximum absolute atomic E-state index is 13.9. The van der Waals surface area contributed by atoms with Gasteiger partial charge in [-0.25, -0.2) is 23.7 Å². The first-order valence-electron chi connectivity index (χ1n) is 13.3. The molecule has 0 bridgehead atoms. The van der Waals surface area contributed by atoms with Crippen molar-refractivity contribution in [3.63, 3.8) is 0 Å². The molecule has 1 unspecified atom stereocenters. The third-order valence-electron chi connectivity index (χ3n) is 6.86. The van der Waals surface area contributed by atoms with Crippen molar-refractivity contribution < 1.29 is 23.0 Å². The summed E-state index contributed by atoms with van der Waals surface area (Å²) in [5, 5.41) is 0.853. The van der Waals surface area contributed by atoms with Gasteiger partial charge >= 0.3 is 0 Å². The number of benzene rings is 1. The Labute approximate surface area is 242 Å². The second-order valence-electron chi connectivity index (χ2n) is 10.3. The van der Waals surface area contributed by atoms with E-state index >= 15 is 0 Å². The zero-order valence-electron chi connectivity index (χ0n) is 24.2. The van der Waals surface area contributed by atoms with Crippen LogP contribution in [-0.2, 0) is 6.61 Å². The van der Waals surface area contributed by atoms with Crippen LogP contribution in [0.25, 0.3) is 17.1 Å². The van der Waals surface area contributed by atoms with Crippen LogP contribution in [-0.4, -0.2) is 51.0 Å². The Bertz CT molecular complexity index is 1450. The van der Waals surface area contributed by atoms with E-state index in [0.717, 1.165) is 41.9 Å². The van der Waals surface area contributed by atoms with Gasteiger partial charge in [-0.1, -0.05) is 18.7 Å². The number of ether oxygens (including phenoxy) is 3. The van der Waals surface area contributed by atoms with Gasteiger partial charge in [0.25, 0.3) is 11.8 Å². The molecule has 2 aromatic heterocycles. The second kappa shape index (κ2) is 12.5. The van der Waals surface area contributed by atoms with Crippen molar-refractivity contribution in [1.82, 2.24) is 24.8 Å². The fraction of sp³-hybridized carbons (Fsp3) is 0.400. The summed E-state index contributed by atoms with van der Waals surface area (Å²) in [7, 11) is 5.78. The molecule has 0 amide bonds. The van der Waals surface area contributed by atoms with Crippen LogP contribution in [0.4, 0.5) is 8.78 Å². The van der Waals surface area contributed by atoms with Gasteiger partial charge in [-0.3, -0.25) is 0 Å². The van der Waals surface area contributed by atoms with E-state index in [-0.39, 0.29) is 24.1 Å². The first-order chi connectivity index (χ1) is 19.4. The van der Waals surface area contributed by atoms with Crippen LogP contribution in [0, 0.1) is 0 Å². The summed E-state index contributed by atoms with van der Waals surface area (Å²) in [6.07, 6.45) is 6.61. The van der Waals surface area contributed by atoms with E-state index < -0.39 is 5.92 Å². The number of aromatic nitrogens is 4. The minimum atomic E-state index is -2.92. The molecule has 1 atom stereocenters. The van der Waals surface area contributed by atoms with E-state index in [4.69, 9.17) is 14.2 Å². The van der Waals surface area contributed by atoms with Crippen LogP contribution in [0.5, 0.6) is 17.5 Å². The zero-order chi connectivity index (χ0) is 29.9. The quantitative estimate of drug-likeness (QED) is 0.235. The summed E-state index contributed by atoms with van der Waals surface area (Å²) in [6.45, 7) is 10.6. The van der Waals surface area contributed by atoms with Crippen molar-refractivity contribution in [2.75, 3.05) is 14.2 Å². The SMILES string of the molecule is C=C(c1ccc(COc2nc(-c3c(OC)ncnc3C3CC3)ncc2OC)cc1P)N(/C=C(\C)C(C)(F)F)C(C)C. The van der Waals surface area contributed by atoms with E-state index in [9.17, 15) is 8.78 Å². The molecule has 1 saturated carbocycles. The highest BCUT2D eigenvalue weighted by atomic mass is 31.0. The number of hydrogen-bond acceptors (Lipinski definition) is 8. The van der Waals surface area contributed by atoms with Crippen LogP contribution >= 0.6 is 9.24 Å². The zero-order valence-corrected chi connectivity index (χ0v) is 25.4. The Morgan fingerprint density at radius 2 is 1.90 bits per heavy atom. The summed E-state index contributed by atoms with van der Waals surface area (Å²) in [4.78, 5) is 19.6. The summed E-state index contributed by atoms with van der Waals surface area (Å²) in [6, 6.07) is 5.69. The molecule has 0 radical (unpaired) electrons. The Morgan fingerprint density at radius 3 is 2.49 bits per heavy atom. The fourth-order valence-corrected chi connectivity index (χ4v) is 4.73. The topological polar surface area (TPSA) is 82.5 Å². The van der Waals surface area contributed by atoms with Crippen molar-refractivity contribution in [1.29, 1.82) is 0 Å². The second-order valence-corrected chi connectivity index (χ2v) is 11.0. The molecular formula is C30H36F2N5O3P. The van der Waals surface area contributed by atoms with Crippen molar-refractivity contribution in [2.24, 2.45) is 0 Å². The molecule has 0 spiro atoms. The Hall–Kier alpha value is -3.65. The highest BCUT2D eigenvalue weighted by Gasteiger charge is 2.32. The number of halogens is 2. The van der Waals surface area contributed by atoms with Crippen molar-refractivity contribution in [3.8, 4) is 28.9 Å². The van der Waals surface area contributed by atoms with Gasteiger partial charge in [0.05, 0.1) is 26.1 Å². The smallest absolute Gasteiger partial charge is 0.268 e. The maximum Gasteiger partial charge on any atom is 0.268 e. The molecule has 218 valence electrons. The lowest BCUT2D eigenvalue weighted by Gasteiger charge is -2.30. The van der Waals surface area contributed by atoms with Crippen molar-refractivity contribution in [2.45, 2.75) is 65.0 Å². The molecule has 0 N–H and O–H groups in total. The minimum Gasteiger partial charge on any atom is -0.490 e. The van der Waals surface area contributed by atoms with E-state index in [0.29, 0.717) is 34.6 Å². The number of methoxy groups -OCH3 is 2. The molecule has 4 rings (SSSR count). The number of allylic oxidation sites excluding steroid dienone is 1. The lowest BCUT2D eigenvalue weighted by molar-refractivity contribution is 0.0617. The molecule has 0 saturated heterocycles. The Morgan fingerprint density at radius 1 is 1.17 bits per heavy atom. The first-order valence-corrected chi connectivity index (χ1v) is 13.9. The van der Waals surface area contributed by atoms with Gasteiger partial charge in [0.15, 0.2) is 11.6 Å². The highest BCUT2D eigenvalue weighted by Crippen LogP contribution is 2.45. The van der Waals surface area contributed by atoms with Gasteiger partial charge in [-0.2, -0.15) is 4.98 Å². The third kappa shape index (κ3) is 6.99. The van der Waals surface area contributed by atoms with Crippen LogP contribution < -0.4 is 19.5 Å². The maximum atomic E-state index is 13.9. The number of alkyl halides is 2. The first kappa shape index (κ1) is 30.3. The lowest BCUT2D eigenvalue weighted by Crippen LogP contribution is -2.27. The number of hydrogen-bond donors (Lipinski definition) is 0. The standard InChI is InChI=1S/C30H36F2N5O3P/c1-17(2)37(14-18(3)30(5,31)32)19(4)22-11-8-20(12-24(22)41)15-40-28-23(38-6)13-33-27(36-28)25-26(21-9-10-21)34-16-35-29(25)39-7/h8,11-14,16-17,21H,4,9-10,15,41H2,1-3,5-7H3/b18-14+. The molecule has 1 fully saturated rings. The predicted molar refractivity (Wildman–Crippen MR) is 159 cm³/mol. The fourth-order valence-electron chi connectivity index (χ4n) is 4.25. The Kier molecular flexibility index (Phi) is 9.22. The molecule has 3 aromatic rings. The van der Waals surface area contributed by atoms with Gasteiger partial charge < -0.3 is 19.1 Å². The summed E-state index contributed by atoms with van der Waals surface area (Å²) >= 11 is 0. The van der Waals surface area contributed by atoms with Crippen LogP contribution in [0.2, 0.25) is 0 Å². The largest absolute Gasteiger partial charge is 0.490 e. The van der Waals surface area contributed by atoms with Crippen molar-refractivity contribution in [3.05, 3.63) is 65.9 Å². The molecular weight excluding hydrogens is 547 g/mol. The molecule has 8 nitrogen and oxygen atoms in total. The van der Waals surface area contributed by atoms with Crippen LogP contribution in [0.15, 0.2) is 49.1 Å². The van der Waals surface area contributed by atoms with Crippen LogP contribution in [0.3, 0.4) is 0 Å². The van der Waals surface area contributed by atoms with E-state index in [1.165, 1.54) is 26.6 Å². The number of rotatable bonds is 12. The lowest BCUT2D eigenvalue weighted by atomic mass is 10.1. The third-order valence-corrected chi connectivity index (χ3v) is 7.34. The summed E-state index contributed by atoms with van der Waals surface area (Å²) < 4.78 is 44.8. The molecule has 11 heteroatoms. The van der Waals surface area contributed by atoms with E-state index in [1.54, 1.807) is 18.2 Å². The summed E-state index contributed by atoms with van der Waals surface area (Å²) in [5.41, 5.74) is 3.79. The van der Waals surface area contributed by atoms with E-state index in [2.05, 4.69) is 35.8 Å². The molecule has 1 aromatic carbocycles. The van der Waals surface area contributed by atoms with E-state index in [1.807, 2.05) is 32.0 Å². The van der Waals surface area contributed by atoms with Gasteiger partial charge in [-0.15, -0.1) is 9.24 Å². The minimum absolute atomic E-state index is 0.0372. The van der Waals surface area contributed by atoms with Gasteiger partial charge in [0.1, 0.15) is 18.5 Å². The summed E-state index contributed by atoms with van der Waals surface area (Å²) in [5.74, 6) is -1.13. The molecule has 1 aliphatic rings. The molecule has 0 aliphatic heterocycles. The van der Waals surface area contributed by atoms with Gasteiger partial charge in [-0.05, 0) is 50.5 Å². The normalized spacial score (nSPS) is 13.8. The van der Waals surface area contributed by atoms with Crippen LogP contribution in [0.1, 0.15) is 63.3 Å².